The number of likely N-dealkylation sites (tertiary alicyclic amines) is 1. The smallest absolute Gasteiger partial charge is 0.251 e. The largest absolute Gasteiger partial charge is 0.353 e. The lowest BCUT2D eigenvalue weighted by Crippen LogP contribution is -2.45. The number of amides is 2. The van der Waals surface area contributed by atoms with Crippen molar-refractivity contribution < 1.29 is 9.59 Å². The van der Waals surface area contributed by atoms with E-state index in [9.17, 15) is 9.59 Å². The predicted octanol–water partition coefficient (Wildman–Crippen LogP) is 2.11. The van der Waals surface area contributed by atoms with Gasteiger partial charge in [0.15, 0.2) is 0 Å². The molecule has 0 spiro atoms. The molecular formula is C19H29N3O2. The second-order valence-corrected chi connectivity index (χ2v) is 6.50. The minimum Gasteiger partial charge on any atom is -0.353 e. The maximum atomic E-state index is 12.1. The fraction of sp³-hybridized carbons (Fsp3) is 0.579. The van der Waals surface area contributed by atoms with Gasteiger partial charge in [-0.15, -0.1) is 0 Å². The Kier molecular flexibility index (Phi) is 7.25. The highest BCUT2D eigenvalue weighted by Crippen LogP contribution is 2.10. The number of hydrogen-bond donors (Lipinski definition) is 2. The third-order valence-corrected chi connectivity index (χ3v) is 4.52. The molecular weight excluding hydrogens is 302 g/mol. The number of aryl methyl sites for hydroxylation is 1. The molecule has 1 aliphatic rings. The highest BCUT2D eigenvalue weighted by molar-refractivity contribution is 5.95. The van der Waals surface area contributed by atoms with Gasteiger partial charge in [-0.2, -0.15) is 0 Å². The van der Waals surface area contributed by atoms with Crippen LogP contribution in [0.5, 0.6) is 0 Å². The molecule has 0 saturated carbocycles. The van der Waals surface area contributed by atoms with Crippen LogP contribution in [0.15, 0.2) is 24.3 Å². The summed E-state index contributed by atoms with van der Waals surface area (Å²) < 4.78 is 0. The number of nitrogens with zero attached hydrogens (tertiary/aromatic N) is 1. The number of carbonyl (C=O) groups is 2. The molecule has 2 amide bonds. The summed E-state index contributed by atoms with van der Waals surface area (Å²) in [4.78, 5) is 26.6. The first-order chi connectivity index (χ1) is 11.6. The Labute approximate surface area is 144 Å². The number of nitrogens with one attached hydrogen (secondary N) is 2. The van der Waals surface area contributed by atoms with Crippen LogP contribution < -0.4 is 10.6 Å². The van der Waals surface area contributed by atoms with E-state index < -0.39 is 0 Å². The molecule has 1 aromatic rings. The zero-order valence-corrected chi connectivity index (χ0v) is 14.8. The van der Waals surface area contributed by atoms with Crippen molar-refractivity contribution in [1.82, 2.24) is 15.5 Å². The number of hydrogen-bond acceptors (Lipinski definition) is 3. The third-order valence-electron chi connectivity index (χ3n) is 4.52. The average molecular weight is 331 g/mol. The molecule has 1 fully saturated rings. The molecule has 0 unspecified atom stereocenters. The molecule has 2 rings (SSSR count). The molecule has 5 heteroatoms. The van der Waals surface area contributed by atoms with E-state index in [1.807, 2.05) is 25.1 Å². The summed E-state index contributed by atoms with van der Waals surface area (Å²) in [5.41, 5.74) is 1.61. The first kappa shape index (κ1) is 18.5. The van der Waals surface area contributed by atoms with Crippen molar-refractivity contribution in [3.8, 4) is 0 Å². The van der Waals surface area contributed by atoms with Crippen molar-refractivity contribution in [3.63, 3.8) is 0 Å². The highest BCUT2D eigenvalue weighted by Gasteiger charge is 2.19. The molecule has 1 saturated heterocycles. The van der Waals surface area contributed by atoms with E-state index in [1.54, 1.807) is 6.07 Å². The van der Waals surface area contributed by atoms with Gasteiger partial charge in [0.25, 0.3) is 5.91 Å². The van der Waals surface area contributed by atoms with Crippen LogP contribution in [0.4, 0.5) is 0 Å². The standard InChI is InChI=1S/C19H29N3O2/c1-3-12-22-13-9-16(10-14-22)21-18(23)8-11-20-19(24)17-7-5-4-6-15(17)2/h4-7,16H,3,8-14H2,1-2H3,(H,20,24)(H,21,23). The Bertz CT molecular complexity index is 551. The van der Waals surface area contributed by atoms with Crippen LogP contribution in [0.25, 0.3) is 0 Å². The van der Waals surface area contributed by atoms with E-state index in [0.717, 1.165) is 38.0 Å². The van der Waals surface area contributed by atoms with Crippen molar-refractivity contribution in [1.29, 1.82) is 0 Å². The van der Waals surface area contributed by atoms with Crippen molar-refractivity contribution in [2.75, 3.05) is 26.2 Å². The summed E-state index contributed by atoms with van der Waals surface area (Å²) in [5.74, 6) is -0.0946. The summed E-state index contributed by atoms with van der Waals surface area (Å²) in [6.45, 7) is 7.73. The lowest BCUT2D eigenvalue weighted by molar-refractivity contribution is -0.121. The van der Waals surface area contributed by atoms with Gasteiger partial charge in [-0.3, -0.25) is 9.59 Å². The average Bonchev–Trinajstić information content (AvgIpc) is 2.57. The minimum atomic E-state index is -0.117. The second-order valence-electron chi connectivity index (χ2n) is 6.50. The Morgan fingerprint density at radius 1 is 1.21 bits per heavy atom. The SMILES string of the molecule is CCCN1CCC(NC(=O)CCNC(=O)c2ccccc2C)CC1. The van der Waals surface area contributed by atoms with Gasteiger partial charge in [-0.25, -0.2) is 0 Å². The molecule has 1 heterocycles. The summed E-state index contributed by atoms with van der Waals surface area (Å²) in [6.07, 6.45) is 3.53. The van der Waals surface area contributed by atoms with Gasteiger partial charge in [0, 0.05) is 37.7 Å². The van der Waals surface area contributed by atoms with E-state index in [0.29, 0.717) is 18.5 Å². The normalized spacial score (nSPS) is 15.9. The summed E-state index contributed by atoms with van der Waals surface area (Å²) >= 11 is 0. The quantitative estimate of drug-likeness (QED) is 0.804. The van der Waals surface area contributed by atoms with Crippen LogP contribution in [0.2, 0.25) is 0 Å². The summed E-state index contributed by atoms with van der Waals surface area (Å²) in [5, 5.41) is 5.91. The fourth-order valence-electron chi connectivity index (χ4n) is 3.13. The summed E-state index contributed by atoms with van der Waals surface area (Å²) in [6, 6.07) is 7.74. The van der Waals surface area contributed by atoms with E-state index in [4.69, 9.17) is 0 Å². The predicted molar refractivity (Wildman–Crippen MR) is 96.0 cm³/mol. The maximum Gasteiger partial charge on any atom is 0.251 e. The fourth-order valence-corrected chi connectivity index (χ4v) is 3.13. The van der Waals surface area contributed by atoms with Crippen molar-refractivity contribution >= 4 is 11.8 Å². The Hall–Kier alpha value is -1.88. The van der Waals surface area contributed by atoms with Gasteiger partial charge >= 0.3 is 0 Å². The molecule has 5 nitrogen and oxygen atoms in total. The van der Waals surface area contributed by atoms with Crippen LogP contribution in [0.1, 0.15) is 48.5 Å². The zero-order chi connectivity index (χ0) is 17.4. The van der Waals surface area contributed by atoms with Gasteiger partial charge in [0.2, 0.25) is 5.91 Å². The van der Waals surface area contributed by atoms with Crippen molar-refractivity contribution in [2.45, 2.75) is 45.6 Å². The van der Waals surface area contributed by atoms with E-state index in [1.165, 1.54) is 6.42 Å². The molecule has 1 aromatic carbocycles. The molecule has 132 valence electrons. The minimum absolute atomic E-state index is 0.0222. The molecule has 0 radical (unpaired) electrons. The lowest BCUT2D eigenvalue weighted by Gasteiger charge is -2.32. The molecule has 0 aliphatic carbocycles. The molecule has 2 N–H and O–H groups in total. The first-order valence-corrected chi connectivity index (χ1v) is 8.95. The van der Waals surface area contributed by atoms with Crippen LogP contribution in [-0.2, 0) is 4.79 Å². The highest BCUT2D eigenvalue weighted by atomic mass is 16.2. The third kappa shape index (κ3) is 5.64. The number of carbonyl (C=O) groups excluding carboxylic acids is 2. The van der Waals surface area contributed by atoms with Crippen LogP contribution >= 0.6 is 0 Å². The number of piperidine rings is 1. The zero-order valence-electron chi connectivity index (χ0n) is 14.8. The van der Waals surface area contributed by atoms with Gasteiger partial charge in [-0.05, 0) is 44.4 Å². The van der Waals surface area contributed by atoms with Crippen LogP contribution in [0, 0.1) is 6.92 Å². The topological polar surface area (TPSA) is 61.4 Å². The Morgan fingerprint density at radius 3 is 2.58 bits per heavy atom. The van der Waals surface area contributed by atoms with Crippen molar-refractivity contribution in [2.24, 2.45) is 0 Å². The van der Waals surface area contributed by atoms with Crippen LogP contribution in [0.3, 0.4) is 0 Å². The van der Waals surface area contributed by atoms with Gasteiger partial charge in [0.05, 0.1) is 0 Å². The van der Waals surface area contributed by atoms with Gasteiger partial charge in [0.1, 0.15) is 0 Å². The lowest BCUT2D eigenvalue weighted by atomic mass is 10.0. The summed E-state index contributed by atoms with van der Waals surface area (Å²) in [7, 11) is 0. The Balaban J connectivity index is 1.65. The Morgan fingerprint density at radius 2 is 1.92 bits per heavy atom. The molecule has 1 aliphatic heterocycles. The molecule has 24 heavy (non-hydrogen) atoms. The van der Waals surface area contributed by atoms with E-state index in [2.05, 4.69) is 22.5 Å². The van der Waals surface area contributed by atoms with E-state index >= 15 is 0 Å². The second kappa shape index (κ2) is 9.42. The number of rotatable bonds is 7. The molecule has 0 atom stereocenters. The first-order valence-electron chi connectivity index (χ1n) is 8.95. The maximum absolute atomic E-state index is 12.1. The van der Waals surface area contributed by atoms with Crippen molar-refractivity contribution in [3.05, 3.63) is 35.4 Å². The van der Waals surface area contributed by atoms with Crippen LogP contribution in [-0.4, -0.2) is 48.9 Å². The van der Waals surface area contributed by atoms with Gasteiger partial charge in [-0.1, -0.05) is 25.1 Å². The molecule has 0 aromatic heterocycles. The molecule has 0 bridgehead atoms. The monoisotopic (exact) mass is 331 g/mol. The van der Waals surface area contributed by atoms with Gasteiger partial charge < -0.3 is 15.5 Å². The van der Waals surface area contributed by atoms with E-state index in [-0.39, 0.29) is 17.9 Å². The number of benzene rings is 1.